The number of rotatable bonds is 6. The maximum atomic E-state index is 11.2. The summed E-state index contributed by atoms with van der Waals surface area (Å²) in [5.41, 5.74) is 5.62. The Hall–Kier alpha value is -0.370. The second-order valence-electron chi connectivity index (χ2n) is 2.97. The summed E-state index contributed by atoms with van der Waals surface area (Å²) in [5, 5.41) is 0. The molecular weight excluding hydrogens is 138 g/mol. The standard InChI is InChI=1S/C9H19NO/c1-3-5-7-9(11)8(10)6-4-2/h8H,3-7,10H2,1-2H3. The molecule has 2 N–H and O–H groups in total. The van der Waals surface area contributed by atoms with Crippen molar-refractivity contribution in [3.63, 3.8) is 0 Å². The number of hydrogen-bond donors (Lipinski definition) is 1. The van der Waals surface area contributed by atoms with Crippen LogP contribution in [-0.4, -0.2) is 11.8 Å². The summed E-state index contributed by atoms with van der Waals surface area (Å²) in [5.74, 6) is 0.230. The number of ketones is 1. The largest absolute Gasteiger partial charge is 0.322 e. The lowest BCUT2D eigenvalue weighted by atomic mass is 10.0. The van der Waals surface area contributed by atoms with E-state index in [0.29, 0.717) is 6.42 Å². The smallest absolute Gasteiger partial charge is 0.149 e. The molecule has 66 valence electrons. The van der Waals surface area contributed by atoms with Gasteiger partial charge in [0.05, 0.1) is 6.04 Å². The number of Topliss-reactive ketones (excluding diaryl/α,β-unsaturated/α-hetero) is 1. The zero-order valence-corrected chi connectivity index (χ0v) is 7.60. The summed E-state index contributed by atoms with van der Waals surface area (Å²) in [4.78, 5) is 11.2. The van der Waals surface area contributed by atoms with Gasteiger partial charge in [0.15, 0.2) is 0 Å². The Kier molecular flexibility index (Phi) is 6.13. The lowest BCUT2D eigenvalue weighted by Gasteiger charge is -2.07. The molecule has 0 aromatic heterocycles. The maximum Gasteiger partial charge on any atom is 0.149 e. The Morgan fingerprint density at radius 2 is 2.00 bits per heavy atom. The average molecular weight is 157 g/mol. The Morgan fingerprint density at radius 3 is 2.45 bits per heavy atom. The molecular formula is C9H19NO. The van der Waals surface area contributed by atoms with Crippen molar-refractivity contribution in [2.24, 2.45) is 5.73 Å². The predicted molar refractivity (Wildman–Crippen MR) is 47.4 cm³/mol. The number of carbonyl (C=O) groups excluding carboxylic acids is 1. The van der Waals surface area contributed by atoms with Crippen molar-refractivity contribution >= 4 is 5.78 Å². The summed E-state index contributed by atoms with van der Waals surface area (Å²) in [6.07, 6.45) is 4.56. The monoisotopic (exact) mass is 157 g/mol. The quantitative estimate of drug-likeness (QED) is 0.639. The molecule has 0 aromatic rings. The molecule has 1 atom stereocenters. The van der Waals surface area contributed by atoms with E-state index in [1.807, 2.05) is 6.92 Å². The van der Waals surface area contributed by atoms with E-state index < -0.39 is 0 Å². The molecule has 11 heavy (non-hydrogen) atoms. The summed E-state index contributed by atoms with van der Waals surface area (Å²) < 4.78 is 0. The molecule has 0 rings (SSSR count). The molecule has 0 aliphatic carbocycles. The fraction of sp³-hybridized carbons (Fsp3) is 0.889. The van der Waals surface area contributed by atoms with E-state index in [2.05, 4.69) is 6.92 Å². The SMILES string of the molecule is CCCCC(=O)C(N)CCC. The van der Waals surface area contributed by atoms with Crippen molar-refractivity contribution in [2.45, 2.75) is 52.0 Å². The third-order valence-electron chi connectivity index (χ3n) is 1.79. The van der Waals surface area contributed by atoms with Crippen molar-refractivity contribution in [1.82, 2.24) is 0 Å². The third kappa shape index (κ3) is 4.96. The molecule has 0 saturated heterocycles. The summed E-state index contributed by atoms with van der Waals surface area (Å²) >= 11 is 0. The van der Waals surface area contributed by atoms with Gasteiger partial charge in [0.2, 0.25) is 0 Å². The molecule has 0 aliphatic rings. The molecule has 0 spiro atoms. The van der Waals surface area contributed by atoms with E-state index in [4.69, 9.17) is 5.73 Å². The van der Waals surface area contributed by atoms with E-state index in [1.54, 1.807) is 0 Å². The zero-order valence-electron chi connectivity index (χ0n) is 7.60. The lowest BCUT2D eigenvalue weighted by Crippen LogP contribution is -2.29. The van der Waals surface area contributed by atoms with Gasteiger partial charge in [-0.05, 0) is 12.8 Å². The van der Waals surface area contributed by atoms with E-state index in [9.17, 15) is 4.79 Å². The summed E-state index contributed by atoms with van der Waals surface area (Å²) in [6, 6.07) is -0.202. The molecule has 0 radical (unpaired) electrons. The van der Waals surface area contributed by atoms with Crippen LogP contribution in [0.15, 0.2) is 0 Å². The summed E-state index contributed by atoms with van der Waals surface area (Å²) in [6.45, 7) is 4.13. The first-order valence-corrected chi connectivity index (χ1v) is 4.50. The van der Waals surface area contributed by atoms with Gasteiger partial charge >= 0.3 is 0 Å². The number of unbranched alkanes of at least 4 members (excludes halogenated alkanes) is 1. The minimum absolute atomic E-state index is 0.202. The van der Waals surface area contributed by atoms with Crippen molar-refractivity contribution < 1.29 is 4.79 Å². The summed E-state index contributed by atoms with van der Waals surface area (Å²) in [7, 11) is 0. The molecule has 0 heterocycles. The van der Waals surface area contributed by atoms with Gasteiger partial charge in [-0.1, -0.05) is 26.7 Å². The maximum absolute atomic E-state index is 11.2. The highest BCUT2D eigenvalue weighted by atomic mass is 16.1. The van der Waals surface area contributed by atoms with E-state index in [0.717, 1.165) is 25.7 Å². The van der Waals surface area contributed by atoms with Crippen molar-refractivity contribution in [3.8, 4) is 0 Å². The van der Waals surface area contributed by atoms with E-state index in [-0.39, 0.29) is 11.8 Å². The Morgan fingerprint density at radius 1 is 1.36 bits per heavy atom. The number of carbonyl (C=O) groups is 1. The van der Waals surface area contributed by atoms with Gasteiger partial charge in [0.1, 0.15) is 5.78 Å². The van der Waals surface area contributed by atoms with Gasteiger partial charge in [0.25, 0.3) is 0 Å². The second kappa shape index (κ2) is 6.35. The van der Waals surface area contributed by atoms with Crippen molar-refractivity contribution in [1.29, 1.82) is 0 Å². The topological polar surface area (TPSA) is 43.1 Å². The van der Waals surface area contributed by atoms with Crippen LogP contribution in [0.5, 0.6) is 0 Å². The molecule has 0 amide bonds. The van der Waals surface area contributed by atoms with Gasteiger partial charge in [-0.2, -0.15) is 0 Å². The van der Waals surface area contributed by atoms with Crippen LogP contribution in [0.4, 0.5) is 0 Å². The molecule has 1 unspecified atom stereocenters. The molecule has 0 aromatic carbocycles. The fourth-order valence-electron chi connectivity index (χ4n) is 1.01. The van der Waals surface area contributed by atoms with E-state index in [1.165, 1.54) is 0 Å². The van der Waals surface area contributed by atoms with Crippen LogP contribution < -0.4 is 5.73 Å². The van der Waals surface area contributed by atoms with Gasteiger partial charge in [-0.15, -0.1) is 0 Å². The molecule has 0 aliphatic heterocycles. The lowest BCUT2D eigenvalue weighted by molar-refractivity contribution is -0.120. The molecule has 2 nitrogen and oxygen atoms in total. The Labute approximate surface area is 69.2 Å². The van der Waals surface area contributed by atoms with Gasteiger partial charge in [-0.3, -0.25) is 4.79 Å². The van der Waals surface area contributed by atoms with Crippen LogP contribution in [-0.2, 0) is 4.79 Å². The predicted octanol–water partition coefficient (Wildman–Crippen LogP) is 1.87. The first kappa shape index (κ1) is 10.6. The van der Waals surface area contributed by atoms with Gasteiger partial charge in [0, 0.05) is 6.42 Å². The van der Waals surface area contributed by atoms with Gasteiger partial charge in [-0.25, -0.2) is 0 Å². The van der Waals surface area contributed by atoms with E-state index >= 15 is 0 Å². The number of hydrogen-bond acceptors (Lipinski definition) is 2. The molecule has 0 fully saturated rings. The van der Waals surface area contributed by atoms with Crippen LogP contribution in [0.2, 0.25) is 0 Å². The zero-order chi connectivity index (χ0) is 8.69. The highest BCUT2D eigenvalue weighted by Gasteiger charge is 2.10. The van der Waals surface area contributed by atoms with Crippen LogP contribution >= 0.6 is 0 Å². The minimum atomic E-state index is -0.202. The third-order valence-corrected chi connectivity index (χ3v) is 1.79. The highest BCUT2D eigenvalue weighted by Crippen LogP contribution is 2.01. The minimum Gasteiger partial charge on any atom is -0.322 e. The van der Waals surface area contributed by atoms with Crippen LogP contribution in [0.25, 0.3) is 0 Å². The molecule has 0 saturated carbocycles. The van der Waals surface area contributed by atoms with Crippen LogP contribution in [0.3, 0.4) is 0 Å². The molecule has 0 bridgehead atoms. The fourth-order valence-corrected chi connectivity index (χ4v) is 1.01. The molecule has 2 heteroatoms. The van der Waals surface area contributed by atoms with Crippen LogP contribution in [0.1, 0.15) is 46.0 Å². The van der Waals surface area contributed by atoms with Crippen LogP contribution in [0, 0.1) is 0 Å². The van der Waals surface area contributed by atoms with Crippen molar-refractivity contribution in [2.75, 3.05) is 0 Å². The Balaban J connectivity index is 3.47. The van der Waals surface area contributed by atoms with Gasteiger partial charge < -0.3 is 5.73 Å². The number of nitrogens with two attached hydrogens (primary N) is 1. The first-order chi connectivity index (χ1) is 5.22. The normalized spacial score (nSPS) is 13.0. The highest BCUT2D eigenvalue weighted by molar-refractivity contribution is 5.83. The average Bonchev–Trinajstić information content (AvgIpc) is 2.00. The first-order valence-electron chi connectivity index (χ1n) is 4.50. The Bertz CT molecular complexity index is 112. The van der Waals surface area contributed by atoms with Crippen molar-refractivity contribution in [3.05, 3.63) is 0 Å². The second-order valence-corrected chi connectivity index (χ2v) is 2.97.